The number of amides is 1. The number of aryl methyl sites for hydroxylation is 1. The minimum Gasteiger partial charge on any atom is -0.381 e. The number of rotatable bonds is 4. The summed E-state index contributed by atoms with van der Waals surface area (Å²) in [7, 11) is 0. The number of nitrogens with one attached hydrogen (secondary N) is 1. The van der Waals surface area contributed by atoms with Gasteiger partial charge in [-0.25, -0.2) is 0 Å². The van der Waals surface area contributed by atoms with Crippen LogP contribution in [0, 0.1) is 0 Å². The van der Waals surface area contributed by atoms with Gasteiger partial charge < -0.3 is 10.1 Å². The van der Waals surface area contributed by atoms with Gasteiger partial charge in [-0.1, -0.05) is 6.92 Å². The van der Waals surface area contributed by atoms with Crippen LogP contribution in [0.2, 0.25) is 0 Å². The lowest BCUT2D eigenvalue weighted by molar-refractivity contribution is 0.0435. The molecule has 3 nitrogen and oxygen atoms in total. The molecule has 0 radical (unpaired) electrons. The van der Waals surface area contributed by atoms with E-state index in [2.05, 4.69) is 12.2 Å². The smallest absolute Gasteiger partial charge is 0.261 e. The molecule has 0 aliphatic carbocycles. The zero-order chi connectivity index (χ0) is 13.0. The normalized spacial score (nSPS) is 18.6. The van der Waals surface area contributed by atoms with Crippen molar-refractivity contribution in [1.29, 1.82) is 0 Å². The third-order valence-electron chi connectivity index (χ3n) is 3.32. The summed E-state index contributed by atoms with van der Waals surface area (Å²) in [6, 6.07) is 3.90. The molecule has 1 N–H and O–H groups in total. The Balaban J connectivity index is 2.04. The van der Waals surface area contributed by atoms with Gasteiger partial charge in [-0.2, -0.15) is 0 Å². The first-order valence-electron chi connectivity index (χ1n) is 6.24. The van der Waals surface area contributed by atoms with Gasteiger partial charge in [-0.3, -0.25) is 4.79 Å². The van der Waals surface area contributed by atoms with E-state index in [1.807, 2.05) is 12.1 Å². The van der Waals surface area contributed by atoms with Crippen molar-refractivity contribution in [3.8, 4) is 0 Å². The number of hydrogen-bond donors (Lipinski definition) is 1. The fraction of sp³-hybridized carbons (Fsp3) is 0.615. The number of ether oxygens (including phenoxy) is 1. The van der Waals surface area contributed by atoms with Crippen molar-refractivity contribution in [1.82, 2.24) is 5.32 Å². The van der Waals surface area contributed by atoms with Crippen molar-refractivity contribution in [3.63, 3.8) is 0 Å². The minimum absolute atomic E-state index is 0.0118. The predicted molar refractivity (Wildman–Crippen MR) is 74.7 cm³/mol. The molecule has 100 valence electrons. The van der Waals surface area contributed by atoms with E-state index in [1.54, 1.807) is 11.3 Å². The van der Waals surface area contributed by atoms with E-state index in [-0.39, 0.29) is 11.4 Å². The highest BCUT2D eigenvalue weighted by atomic mass is 35.5. The van der Waals surface area contributed by atoms with Crippen LogP contribution >= 0.6 is 22.9 Å². The lowest BCUT2D eigenvalue weighted by Gasteiger charge is -2.36. The Labute approximate surface area is 116 Å². The summed E-state index contributed by atoms with van der Waals surface area (Å²) in [5.74, 6) is 0.427. The molecule has 1 aromatic rings. The van der Waals surface area contributed by atoms with Crippen molar-refractivity contribution >= 4 is 28.8 Å². The molecule has 0 aromatic carbocycles. The van der Waals surface area contributed by atoms with Crippen LogP contribution in [0.15, 0.2) is 12.1 Å². The fourth-order valence-electron chi connectivity index (χ4n) is 2.05. The Morgan fingerprint density at radius 2 is 2.22 bits per heavy atom. The van der Waals surface area contributed by atoms with Gasteiger partial charge in [-0.15, -0.1) is 22.9 Å². The van der Waals surface area contributed by atoms with Gasteiger partial charge in [0.1, 0.15) is 0 Å². The van der Waals surface area contributed by atoms with Gasteiger partial charge in [0.05, 0.1) is 10.4 Å². The highest BCUT2D eigenvalue weighted by Gasteiger charge is 2.33. The SMILES string of the molecule is CCc1ccc(C(=O)NC2(CCl)CCOCC2)s1. The molecule has 1 amide bonds. The first kappa shape index (κ1) is 13.8. The van der Waals surface area contributed by atoms with E-state index in [9.17, 15) is 4.79 Å². The van der Waals surface area contributed by atoms with Gasteiger partial charge in [0.25, 0.3) is 5.91 Å². The Bertz CT molecular complexity index is 413. The van der Waals surface area contributed by atoms with Gasteiger partial charge >= 0.3 is 0 Å². The van der Waals surface area contributed by atoms with Crippen LogP contribution in [-0.2, 0) is 11.2 Å². The number of hydrogen-bond acceptors (Lipinski definition) is 3. The van der Waals surface area contributed by atoms with E-state index in [0.717, 1.165) is 24.1 Å². The maximum absolute atomic E-state index is 12.2. The molecule has 0 spiro atoms. The second-order valence-electron chi connectivity index (χ2n) is 4.60. The first-order valence-corrected chi connectivity index (χ1v) is 7.59. The van der Waals surface area contributed by atoms with Crippen LogP contribution in [0.5, 0.6) is 0 Å². The maximum Gasteiger partial charge on any atom is 0.261 e. The average Bonchev–Trinajstić information content (AvgIpc) is 2.88. The van der Waals surface area contributed by atoms with Gasteiger partial charge in [0, 0.05) is 24.0 Å². The molecule has 0 atom stereocenters. The van der Waals surface area contributed by atoms with Crippen LogP contribution in [0.1, 0.15) is 34.3 Å². The van der Waals surface area contributed by atoms with Crippen LogP contribution in [0.3, 0.4) is 0 Å². The molecule has 1 aliphatic rings. The van der Waals surface area contributed by atoms with Crippen LogP contribution in [0.4, 0.5) is 0 Å². The van der Waals surface area contributed by atoms with Crippen LogP contribution in [0.25, 0.3) is 0 Å². The molecule has 1 fully saturated rings. The molecule has 1 aromatic heterocycles. The number of carbonyl (C=O) groups excluding carboxylic acids is 1. The Hall–Kier alpha value is -0.580. The van der Waals surface area contributed by atoms with E-state index in [1.165, 1.54) is 4.88 Å². The molecule has 2 rings (SSSR count). The zero-order valence-electron chi connectivity index (χ0n) is 10.5. The number of halogens is 1. The van der Waals surface area contributed by atoms with Gasteiger partial charge in [-0.05, 0) is 31.4 Å². The molecule has 2 heterocycles. The summed E-state index contributed by atoms with van der Waals surface area (Å²) in [6.45, 7) is 3.42. The zero-order valence-corrected chi connectivity index (χ0v) is 12.1. The Morgan fingerprint density at radius 3 is 2.78 bits per heavy atom. The quantitative estimate of drug-likeness (QED) is 0.865. The van der Waals surface area contributed by atoms with E-state index in [4.69, 9.17) is 16.3 Å². The standard InChI is InChI=1S/C13H18ClNO2S/c1-2-10-3-4-11(18-10)12(16)15-13(9-14)5-7-17-8-6-13/h3-4H,2,5-9H2,1H3,(H,15,16). The molecule has 1 saturated heterocycles. The third kappa shape index (κ3) is 3.05. The highest BCUT2D eigenvalue weighted by molar-refractivity contribution is 7.14. The molecule has 0 saturated carbocycles. The monoisotopic (exact) mass is 287 g/mol. The third-order valence-corrected chi connectivity index (χ3v) is 5.06. The lowest BCUT2D eigenvalue weighted by atomic mass is 9.92. The molecule has 5 heteroatoms. The predicted octanol–water partition coefficient (Wildman–Crippen LogP) is 2.83. The number of carbonyl (C=O) groups is 1. The molecule has 18 heavy (non-hydrogen) atoms. The molecular weight excluding hydrogens is 270 g/mol. The molecule has 0 bridgehead atoms. The fourth-order valence-corrected chi connectivity index (χ4v) is 3.22. The van der Waals surface area contributed by atoms with Crippen molar-refractivity contribution in [2.24, 2.45) is 0 Å². The van der Waals surface area contributed by atoms with Crippen LogP contribution in [-0.4, -0.2) is 30.5 Å². The van der Waals surface area contributed by atoms with Crippen molar-refractivity contribution in [2.75, 3.05) is 19.1 Å². The van der Waals surface area contributed by atoms with E-state index < -0.39 is 0 Å². The summed E-state index contributed by atoms with van der Waals surface area (Å²) in [4.78, 5) is 14.2. The highest BCUT2D eigenvalue weighted by Crippen LogP contribution is 2.24. The summed E-state index contributed by atoms with van der Waals surface area (Å²) in [6.07, 6.45) is 2.54. The van der Waals surface area contributed by atoms with E-state index >= 15 is 0 Å². The topological polar surface area (TPSA) is 38.3 Å². The van der Waals surface area contributed by atoms with E-state index in [0.29, 0.717) is 19.1 Å². The second-order valence-corrected chi connectivity index (χ2v) is 6.04. The summed E-state index contributed by atoms with van der Waals surface area (Å²) < 4.78 is 5.33. The minimum atomic E-state index is -0.298. The van der Waals surface area contributed by atoms with Crippen LogP contribution < -0.4 is 5.32 Å². The number of thiophene rings is 1. The second kappa shape index (κ2) is 6.04. The summed E-state index contributed by atoms with van der Waals surface area (Å²) >= 11 is 7.59. The molecule has 0 unspecified atom stereocenters. The molecule has 1 aliphatic heterocycles. The van der Waals surface area contributed by atoms with Crippen molar-refractivity contribution in [2.45, 2.75) is 31.7 Å². The maximum atomic E-state index is 12.2. The average molecular weight is 288 g/mol. The summed E-state index contributed by atoms with van der Waals surface area (Å²) in [5, 5.41) is 3.10. The van der Waals surface area contributed by atoms with Gasteiger partial charge in [0.15, 0.2) is 0 Å². The van der Waals surface area contributed by atoms with Crippen molar-refractivity contribution in [3.05, 3.63) is 21.9 Å². The Morgan fingerprint density at radius 1 is 1.50 bits per heavy atom. The Kier molecular flexibility index (Phi) is 4.65. The largest absolute Gasteiger partial charge is 0.381 e. The number of alkyl halides is 1. The molecular formula is C13H18ClNO2S. The van der Waals surface area contributed by atoms with Gasteiger partial charge in [0.2, 0.25) is 0 Å². The lowest BCUT2D eigenvalue weighted by Crippen LogP contribution is -2.53. The van der Waals surface area contributed by atoms with Crippen molar-refractivity contribution < 1.29 is 9.53 Å². The summed E-state index contributed by atoms with van der Waals surface area (Å²) in [5.41, 5.74) is -0.298. The first-order chi connectivity index (χ1) is 8.69.